The van der Waals surface area contributed by atoms with E-state index in [2.05, 4.69) is 31.4 Å². The second-order valence-electron chi connectivity index (χ2n) is 7.18. The average molecular weight is 339 g/mol. The first-order valence-corrected chi connectivity index (χ1v) is 9.89. The van der Waals surface area contributed by atoms with Gasteiger partial charge in [0.2, 0.25) is 5.91 Å². The van der Waals surface area contributed by atoms with Gasteiger partial charge in [0.15, 0.2) is 5.96 Å². The molecule has 1 amide bonds. The number of nitrogens with zero attached hydrogens (tertiary/aromatic N) is 2. The topological polar surface area (TPSA) is 56.7 Å². The summed E-state index contributed by atoms with van der Waals surface area (Å²) in [6.45, 7) is 12.0. The Morgan fingerprint density at radius 2 is 1.96 bits per heavy atom. The molecule has 1 rings (SSSR count). The molecule has 0 saturated carbocycles. The summed E-state index contributed by atoms with van der Waals surface area (Å²) in [5.74, 6) is 1.97. The molecule has 140 valence electrons. The Morgan fingerprint density at radius 1 is 1.21 bits per heavy atom. The van der Waals surface area contributed by atoms with Gasteiger partial charge in [-0.05, 0) is 25.7 Å². The molecule has 1 unspecified atom stereocenters. The number of aliphatic imine (C=N–C) groups is 1. The third-order valence-electron chi connectivity index (χ3n) is 4.49. The maximum Gasteiger partial charge on any atom is 0.222 e. The standard InChI is InChI=1S/C19H38N4O/c1-5-18(24)23-14-12-17(15-23)22-19(20-6-2)21-13-10-8-7-9-11-16(3)4/h16-17H,5-15H2,1-4H3,(H2,20,21,22). The normalized spacial score (nSPS) is 18.3. The molecule has 0 spiro atoms. The molecular weight excluding hydrogens is 300 g/mol. The zero-order valence-corrected chi connectivity index (χ0v) is 16.2. The first-order valence-electron chi connectivity index (χ1n) is 9.89. The van der Waals surface area contributed by atoms with Crippen molar-refractivity contribution in [3.05, 3.63) is 0 Å². The molecule has 1 heterocycles. The van der Waals surface area contributed by atoms with E-state index in [4.69, 9.17) is 4.99 Å². The van der Waals surface area contributed by atoms with Gasteiger partial charge in [0.1, 0.15) is 0 Å². The summed E-state index contributed by atoms with van der Waals surface area (Å²) in [7, 11) is 0. The lowest BCUT2D eigenvalue weighted by Crippen LogP contribution is -2.45. The molecule has 24 heavy (non-hydrogen) atoms. The van der Waals surface area contributed by atoms with Crippen molar-refractivity contribution in [3.8, 4) is 0 Å². The molecule has 1 atom stereocenters. The highest BCUT2D eigenvalue weighted by molar-refractivity contribution is 5.80. The van der Waals surface area contributed by atoms with Gasteiger partial charge in [-0.25, -0.2) is 0 Å². The summed E-state index contributed by atoms with van der Waals surface area (Å²) in [4.78, 5) is 18.4. The highest BCUT2D eigenvalue weighted by Crippen LogP contribution is 2.11. The molecule has 5 heteroatoms. The fourth-order valence-corrected chi connectivity index (χ4v) is 3.05. The van der Waals surface area contributed by atoms with Crippen molar-refractivity contribution in [2.45, 2.75) is 78.7 Å². The van der Waals surface area contributed by atoms with Crippen molar-refractivity contribution in [2.75, 3.05) is 26.2 Å². The summed E-state index contributed by atoms with van der Waals surface area (Å²) in [5, 5.41) is 6.81. The number of guanidine groups is 1. The molecule has 0 aromatic heterocycles. The monoisotopic (exact) mass is 338 g/mol. The zero-order chi connectivity index (χ0) is 17.8. The summed E-state index contributed by atoms with van der Waals surface area (Å²) >= 11 is 0. The Bertz CT molecular complexity index is 382. The number of carbonyl (C=O) groups excluding carboxylic acids is 1. The predicted octanol–water partition coefficient (Wildman–Crippen LogP) is 3.16. The van der Waals surface area contributed by atoms with Crippen molar-refractivity contribution in [1.82, 2.24) is 15.5 Å². The van der Waals surface area contributed by atoms with E-state index >= 15 is 0 Å². The first kappa shape index (κ1) is 20.8. The summed E-state index contributed by atoms with van der Waals surface area (Å²) in [6.07, 6.45) is 8.00. The highest BCUT2D eigenvalue weighted by atomic mass is 16.2. The molecule has 0 bridgehead atoms. The number of unbranched alkanes of at least 4 members (excludes halogenated alkanes) is 3. The van der Waals surface area contributed by atoms with E-state index < -0.39 is 0 Å². The van der Waals surface area contributed by atoms with Crippen LogP contribution >= 0.6 is 0 Å². The van der Waals surface area contributed by atoms with Crippen molar-refractivity contribution in [2.24, 2.45) is 10.9 Å². The summed E-state index contributed by atoms with van der Waals surface area (Å²) < 4.78 is 0. The van der Waals surface area contributed by atoms with Gasteiger partial charge in [0, 0.05) is 38.6 Å². The minimum absolute atomic E-state index is 0.252. The van der Waals surface area contributed by atoms with E-state index in [1.807, 2.05) is 11.8 Å². The number of amides is 1. The van der Waals surface area contributed by atoms with Gasteiger partial charge >= 0.3 is 0 Å². The lowest BCUT2D eigenvalue weighted by atomic mass is 10.0. The molecule has 0 aliphatic carbocycles. The van der Waals surface area contributed by atoms with Crippen LogP contribution in [0.3, 0.4) is 0 Å². The third-order valence-corrected chi connectivity index (χ3v) is 4.49. The number of carbonyl (C=O) groups is 1. The van der Waals surface area contributed by atoms with Gasteiger partial charge in [-0.3, -0.25) is 9.79 Å². The average Bonchev–Trinajstić information content (AvgIpc) is 3.01. The van der Waals surface area contributed by atoms with Gasteiger partial charge in [-0.15, -0.1) is 0 Å². The van der Waals surface area contributed by atoms with Crippen LogP contribution in [-0.4, -0.2) is 49.0 Å². The first-order chi connectivity index (χ1) is 11.6. The predicted molar refractivity (Wildman–Crippen MR) is 102 cm³/mol. The molecule has 1 aliphatic rings. The zero-order valence-electron chi connectivity index (χ0n) is 16.2. The van der Waals surface area contributed by atoms with Crippen molar-refractivity contribution in [3.63, 3.8) is 0 Å². The van der Waals surface area contributed by atoms with Crippen LogP contribution in [0.4, 0.5) is 0 Å². The van der Waals surface area contributed by atoms with Crippen LogP contribution < -0.4 is 10.6 Å². The van der Waals surface area contributed by atoms with Crippen LogP contribution in [0.1, 0.15) is 72.6 Å². The van der Waals surface area contributed by atoms with Crippen LogP contribution in [0.25, 0.3) is 0 Å². The Labute approximate surface area is 148 Å². The Hall–Kier alpha value is -1.26. The molecule has 1 aliphatic heterocycles. The molecular formula is C19H38N4O. The minimum atomic E-state index is 0.252. The van der Waals surface area contributed by atoms with Gasteiger partial charge in [-0.1, -0.05) is 46.5 Å². The second kappa shape index (κ2) is 12.2. The fourth-order valence-electron chi connectivity index (χ4n) is 3.05. The smallest absolute Gasteiger partial charge is 0.222 e. The quantitative estimate of drug-likeness (QED) is 0.365. The molecule has 1 fully saturated rings. The van der Waals surface area contributed by atoms with Crippen LogP contribution in [-0.2, 0) is 4.79 Å². The second-order valence-corrected chi connectivity index (χ2v) is 7.18. The van der Waals surface area contributed by atoms with Gasteiger partial charge in [0.05, 0.1) is 0 Å². The molecule has 5 nitrogen and oxygen atoms in total. The van der Waals surface area contributed by atoms with Crippen LogP contribution in [0.2, 0.25) is 0 Å². The molecule has 1 saturated heterocycles. The number of likely N-dealkylation sites (tertiary alicyclic amines) is 1. The minimum Gasteiger partial charge on any atom is -0.357 e. The SMILES string of the molecule is CCNC(=NCCCCCCC(C)C)NC1CCN(C(=O)CC)C1. The largest absolute Gasteiger partial charge is 0.357 e. The van der Waals surface area contributed by atoms with Crippen LogP contribution in [0.15, 0.2) is 4.99 Å². The van der Waals surface area contributed by atoms with Gasteiger partial charge in [0.25, 0.3) is 0 Å². The Kier molecular flexibility index (Phi) is 10.5. The number of rotatable bonds is 10. The maximum atomic E-state index is 11.8. The number of nitrogens with one attached hydrogen (secondary N) is 2. The van der Waals surface area contributed by atoms with Gasteiger partial charge in [-0.2, -0.15) is 0 Å². The van der Waals surface area contributed by atoms with E-state index in [-0.39, 0.29) is 5.91 Å². The maximum absolute atomic E-state index is 11.8. The molecule has 0 aromatic carbocycles. The lowest BCUT2D eigenvalue weighted by Gasteiger charge is -2.18. The third kappa shape index (κ3) is 8.55. The number of hydrogen-bond donors (Lipinski definition) is 2. The Morgan fingerprint density at radius 3 is 2.62 bits per heavy atom. The number of hydrogen-bond acceptors (Lipinski definition) is 2. The van der Waals surface area contributed by atoms with Crippen molar-refractivity contribution in [1.29, 1.82) is 0 Å². The van der Waals surface area contributed by atoms with Crippen LogP contribution in [0.5, 0.6) is 0 Å². The van der Waals surface area contributed by atoms with E-state index in [9.17, 15) is 4.79 Å². The van der Waals surface area contributed by atoms with Crippen molar-refractivity contribution < 1.29 is 4.79 Å². The van der Waals surface area contributed by atoms with E-state index in [0.717, 1.165) is 50.9 Å². The Balaban J connectivity index is 2.26. The molecule has 0 aromatic rings. The van der Waals surface area contributed by atoms with Gasteiger partial charge < -0.3 is 15.5 Å². The molecule has 2 N–H and O–H groups in total. The summed E-state index contributed by atoms with van der Waals surface area (Å²) in [6, 6.07) is 0.323. The van der Waals surface area contributed by atoms with E-state index in [1.165, 1.54) is 25.7 Å². The van der Waals surface area contributed by atoms with Crippen molar-refractivity contribution >= 4 is 11.9 Å². The van der Waals surface area contributed by atoms with Crippen LogP contribution in [0, 0.1) is 5.92 Å². The van der Waals surface area contributed by atoms with E-state index in [1.54, 1.807) is 0 Å². The summed E-state index contributed by atoms with van der Waals surface area (Å²) in [5.41, 5.74) is 0. The lowest BCUT2D eigenvalue weighted by molar-refractivity contribution is -0.129. The molecule has 0 radical (unpaired) electrons. The van der Waals surface area contributed by atoms with E-state index in [0.29, 0.717) is 12.5 Å². The highest BCUT2D eigenvalue weighted by Gasteiger charge is 2.25. The fraction of sp³-hybridized carbons (Fsp3) is 0.895.